The van der Waals surface area contributed by atoms with Crippen molar-refractivity contribution in [3.8, 4) is 0 Å². The summed E-state index contributed by atoms with van der Waals surface area (Å²) in [5.74, 6) is 0.895. The lowest BCUT2D eigenvalue weighted by molar-refractivity contribution is 0.0556. The van der Waals surface area contributed by atoms with Crippen LogP contribution < -0.4 is 5.73 Å². The Balaban J connectivity index is 2.73. The van der Waals surface area contributed by atoms with E-state index >= 15 is 0 Å². The molecule has 0 bridgehead atoms. The third-order valence-corrected chi connectivity index (χ3v) is 4.16. The zero-order valence-corrected chi connectivity index (χ0v) is 10.2. The number of hydrogen-bond acceptors (Lipinski definition) is 2. The van der Waals surface area contributed by atoms with Crippen molar-refractivity contribution in [1.82, 2.24) is 4.90 Å². The highest BCUT2D eigenvalue weighted by Crippen LogP contribution is 2.37. The summed E-state index contributed by atoms with van der Waals surface area (Å²) in [6, 6.07) is 0.338. The van der Waals surface area contributed by atoms with Crippen LogP contribution in [0, 0.1) is 5.92 Å². The van der Waals surface area contributed by atoms with Gasteiger partial charge in [0.05, 0.1) is 0 Å². The number of likely N-dealkylation sites (N-methyl/N-ethyl adjacent to an activating group) is 1. The molecule has 0 saturated heterocycles. The van der Waals surface area contributed by atoms with Gasteiger partial charge in [0.2, 0.25) is 0 Å². The van der Waals surface area contributed by atoms with Crippen molar-refractivity contribution in [2.75, 3.05) is 14.1 Å². The lowest BCUT2D eigenvalue weighted by Crippen LogP contribution is -2.58. The molecular formula is C12H26N2. The molecule has 0 spiro atoms. The van der Waals surface area contributed by atoms with Crippen molar-refractivity contribution in [2.45, 2.75) is 57.5 Å². The first-order valence-electron chi connectivity index (χ1n) is 5.96. The van der Waals surface area contributed by atoms with E-state index in [-0.39, 0.29) is 5.54 Å². The third-order valence-electron chi connectivity index (χ3n) is 4.16. The summed E-state index contributed by atoms with van der Waals surface area (Å²) < 4.78 is 0. The highest BCUT2D eigenvalue weighted by atomic mass is 15.2. The minimum absolute atomic E-state index is 0.279. The van der Waals surface area contributed by atoms with Crippen LogP contribution in [0.1, 0.15) is 46.0 Å². The molecule has 0 radical (unpaired) electrons. The molecule has 0 aromatic heterocycles. The first-order chi connectivity index (χ1) is 6.53. The van der Waals surface area contributed by atoms with Gasteiger partial charge >= 0.3 is 0 Å². The fraction of sp³-hybridized carbons (Fsp3) is 1.00. The molecule has 1 rings (SSSR count). The Morgan fingerprint density at radius 3 is 2.21 bits per heavy atom. The number of nitrogens with two attached hydrogens (primary N) is 1. The second-order valence-electron chi connectivity index (χ2n) is 5.20. The lowest BCUT2D eigenvalue weighted by Gasteiger charge is -2.48. The molecule has 14 heavy (non-hydrogen) atoms. The Labute approximate surface area is 88.8 Å². The topological polar surface area (TPSA) is 29.3 Å². The van der Waals surface area contributed by atoms with Crippen molar-refractivity contribution in [2.24, 2.45) is 11.7 Å². The molecule has 0 heterocycles. The molecule has 1 aliphatic rings. The van der Waals surface area contributed by atoms with Crippen molar-refractivity contribution in [1.29, 1.82) is 0 Å². The van der Waals surface area contributed by atoms with Crippen LogP contribution >= 0.6 is 0 Å². The maximum atomic E-state index is 6.29. The molecular weight excluding hydrogens is 172 g/mol. The van der Waals surface area contributed by atoms with E-state index in [1.54, 1.807) is 0 Å². The van der Waals surface area contributed by atoms with E-state index < -0.39 is 0 Å². The van der Waals surface area contributed by atoms with E-state index in [4.69, 9.17) is 5.73 Å². The van der Waals surface area contributed by atoms with E-state index in [1.165, 1.54) is 25.7 Å². The van der Waals surface area contributed by atoms with E-state index in [9.17, 15) is 0 Å². The molecule has 1 atom stereocenters. The van der Waals surface area contributed by atoms with E-state index in [1.807, 2.05) is 0 Å². The molecule has 84 valence electrons. The van der Waals surface area contributed by atoms with Gasteiger partial charge in [-0.3, -0.25) is 0 Å². The molecule has 0 amide bonds. The number of rotatable bonds is 3. The average molecular weight is 198 g/mol. The van der Waals surface area contributed by atoms with E-state index in [0.29, 0.717) is 6.04 Å². The normalized spacial score (nSPS) is 36.0. The maximum absolute atomic E-state index is 6.29. The maximum Gasteiger partial charge on any atom is 0.0354 e. The van der Waals surface area contributed by atoms with Crippen LogP contribution in [0.2, 0.25) is 0 Å². The smallest absolute Gasteiger partial charge is 0.0354 e. The number of hydrogen-bond donors (Lipinski definition) is 1. The highest BCUT2D eigenvalue weighted by Gasteiger charge is 2.40. The summed E-state index contributed by atoms with van der Waals surface area (Å²) in [4.78, 5) is 2.37. The quantitative estimate of drug-likeness (QED) is 0.753. The predicted octanol–water partition coefficient (Wildman–Crippen LogP) is 2.23. The molecule has 2 N–H and O–H groups in total. The summed E-state index contributed by atoms with van der Waals surface area (Å²) in [6.45, 7) is 4.56. The second kappa shape index (κ2) is 4.63. The lowest BCUT2D eigenvalue weighted by atomic mass is 9.71. The summed E-state index contributed by atoms with van der Waals surface area (Å²) in [5.41, 5.74) is 6.57. The molecule has 2 nitrogen and oxygen atoms in total. The summed E-state index contributed by atoms with van der Waals surface area (Å²) in [7, 11) is 4.37. The summed E-state index contributed by atoms with van der Waals surface area (Å²) in [6.07, 6.45) is 6.32. The molecule has 2 heteroatoms. The van der Waals surface area contributed by atoms with E-state index in [0.717, 1.165) is 12.3 Å². The SMILES string of the molecule is CCC(N)C1(N(C)C)CCC(C)CC1. The van der Waals surface area contributed by atoms with Gasteiger partial charge in [-0.2, -0.15) is 0 Å². The molecule has 1 aliphatic carbocycles. The minimum Gasteiger partial charge on any atom is -0.326 e. The predicted molar refractivity (Wildman–Crippen MR) is 62.3 cm³/mol. The first-order valence-corrected chi connectivity index (χ1v) is 5.96. The fourth-order valence-corrected chi connectivity index (χ4v) is 2.79. The van der Waals surface area contributed by atoms with Crippen molar-refractivity contribution in [3.63, 3.8) is 0 Å². The third kappa shape index (κ3) is 2.12. The Morgan fingerprint density at radius 2 is 1.86 bits per heavy atom. The monoisotopic (exact) mass is 198 g/mol. The molecule has 1 fully saturated rings. The van der Waals surface area contributed by atoms with Gasteiger partial charge in [-0.1, -0.05) is 13.8 Å². The second-order valence-corrected chi connectivity index (χ2v) is 5.20. The van der Waals surface area contributed by atoms with Crippen LogP contribution in [0.4, 0.5) is 0 Å². The summed E-state index contributed by atoms with van der Waals surface area (Å²) >= 11 is 0. The van der Waals surface area contributed by atoms with Crippen LogP contribution in [-0.2, 0) is 0 Å². The van der Waals surface area contributed by atoms with Gasteiger partial charge in [0.15, 0.2) is 0 Å². The molecule has 1 saturated carbocycles. The molecule has 0 aliphatic heterocycles. The van der Waals surface area contributed by atoms with Crippen LogP contribution in [0.5, 0.6) is 0 Å². The Bertz CT molecular complexity index is 169. The van der Waals surface area contributed by atoms with Crippen LogP contribution in [0.15, 0.2) is 0 Å². The standard InChI is InChI=1S/C12H26N2/c1-5-11(13)12(14(3)4)8-6-10(2)7-9-12/h10-11H,5-9,13H2,1-4H3. The Kier molecular flexibility index (Phi) is 3.96. The molecule has 0 aromatic carbocycles. The Morgan fingerprint density at radius 1 is 1.36 bits per heavy atom. The molecule has 1 unspecified atom stereocenters. The van der Waals surface area contributed by atoms with Crippen molar-refractivity contribution in [3.05, 3.63) is 0 Å². The zero-order valence-electron chi connectivity index (χ0n) is 10.2. The minimum atomic E-state index is 0.279. The Hall–Kier alpha value is -0.0800. The van der Waals surface area contributed by atoms with Crippen LogP contribution in [0.25, 0.3) is 0 Å². The molecule has 0 aromatic rings. The summed E-state index contributed by atoms with van der Waals surface area (Å²) in [5, 5.41) is 0. The van der Waals surface area contributed by atoms with Crippen LogP contribution in [-0.4, -0.2) is 30.6 Å². The van der Waals surface area contributed by atoms with Gasteiger partial charge in [0, 0.05) is 11.6 Å². The highest BCUT2D eigenvalue weighted by molar-refractivity contribution is 4.99. The van der Waals surface area contributed by atoms with Crippen molar-refractivity contribution < 1.29 is 0 Å². The average Bonchev–Trinajstić information content (AvgIpc) is 2.18. The van der Waals surface area contributed by atoms with Gasteiger partial charge < -0.3 is 10.6 Å². The van der Waals surface area contributed by atoms with Gasteiger partial charge in [0.25, 0.3) is 0 Å². The van der Waals surface area contributed by atoms with Crippen molar-refractivity contribution >= 4 is 0 Å². The number of nitrogens with zero attached hydrogens (tertiary/aromatic N) is 1. The van der Waals surface area contributed by atoms with Crippen LogP contribution in [0.3, 0.4) is 0 Å². The van der Waals surface area contributed by atoms with Gasteiger partial charge in [-0.15, -0.1) is 0 Å². The van der Waals surface area contributed by atoms with Gasteiger partial charge in [-0.05, 0) is 52.1 Å². The van der Waals surface area contributed by atoms with E-state index in [2.05, 4.69) is 32.8 Å². The van der Waals surface area contributed by atoms with Gasteiger partial charge in [0.1, 0.15) is 0 Å². The largest absolute Gasteiger partial charge is 0.326 e. The van der Waals surface area contributed by atoms with Gasteiger partial charge in [-0.25, -0.2) is 0 Å². The first kappa shape index (κ1) is 12.0. The zero-order chi connectivity index (χ0) is 10.8. The fourth-order valence-electron chi connectivity index (χ4n) is 2.79.